The first-order chi connectivity index (χ1) is 11.9. The van der Waals surface area contributed by atoms with Crippen molar-refractivity contribution in [2.45, 2.75) is 62.6 Å². The van der Waals surface area contributed by atoms with Gasteiger partial charge in [0.25, 0.3) is 0 Å². The molecule has 4 rings (SSSR count). The van der Waals surface area contributed by atoms with E-state index >= 15 is 0 Å². The second-order valence-corrected chi connectivity index (χ2v) is 8.25. The van der Waals surface area contributed by atoms with E-state index in [0.717, 1.165) is 45.4 Å². The van der Waals surface area contributed by atoms with Crippen molar-refractivity contribution in [3.8, 4) is 0 Å². The van der Waals surface area contributed by atoms with Gasteiger partial charge < -0.3 is 20.1 Å². The van der Waals surface area contributed by atoms with E-state index in [4.69, 9.17) is 9.47 Å². The Bertz CT molecular complexity index is 394. The van der Waals surface area contributed by atoms with Gasteiger partial charge in [-0.25, -0.2) is 0 Å². The largest absolute Gasteiger partial charge is 0.381 e. The van der Waals surface area contributed by atoms with Gasteiger partial charge in [0, 0.05) is 43.9 Å². The van der Waals surface area contributed by atoms with Crippen molar-refractivity contribution < 1.29 is 9.47 Å². The van der Waals surface area contributed by atoms with E-state index in [0.29, 0.717) is 17.6 Å². The van der Waals surface area contributed by atoms with Gasteiger partial charge >= 0.3 is 0 Å². The summed E-state index contributed by atoms with van der Waals surface area (Å²) >= 11 is 0. The molecule has 3 saturated heterocycles. The van der Waals surface area contributed by atoms with Crippen LogP contribution in [0.3, 0.4) is 0 Å². The second-order valence-electron chi connectivity index (χ2n) is 8.25. The third-order valence-corrected chi connectivity index (χ3v) is 6.93. The molecule has 4 fully saturated rings. The highest BCUT2D eigenvalue weighted by Crippen LogP contribution is 2.33. The predicted octanol–water partition coefficient (Wildman–Crippen LogP) is 1.80. The maximum atomic E-state index is 5.72. The van der Waals surface area contributed by atoms with E-state index in [9.17, 15) is 0 Å². The normalized spacial score (nSPS) is 36.2. The maximum Gasteiger partial charge on any atom is 0.0623 e. The Morgan fingerprint density at radius 1 is 1.00 bits per heavy atom. The molecule has 4 aliphatic rings. The molecule has 6 heteroatoms. The first-order valence-corrected chi connectivity index (χ1v) is 10.2. The Kier molecular flexibility index (Phi) is 7.41. The van der Waals surface area contributed by atoms with Crippen LogP contribution in [-0.4, -0.2) is 75.1 Å². The lowest BCUT2D eigenvalue weighted by molar-refractivity contribution is -0.0210. The van der Waals surface area contributed by atoms with Crippen LogP contribution in [0.5, 0.6) is 0 Å². The monoisotopic (exact) mass is 373 g/mol. The number of nitrogens with one attached hydrogen (secondary N) is 2. The summed E-state index contributed by atoms with van der Waals surface area (Å²) in [6.07, 6.45) is 9.18. The highest BCUT2D eigenvalue weighted by atomic mass is 35.5. The minimum Gasteiger partial charge on any atom is -0.381 e. The lowest BCUT2D eigenvalue weighted by atomic mass is 9.86. The standard InChI is InChI=1S/C19H35N3O2.ClH/c1-2-10-22(9-1)19(6-11-23-12-7-19)15-21-17-5-3-4-16(17)18-14-24-13-8-20-18;/h16-18,20-21H,1-15H2;1H. The number of morpholine rings is 1. The minimum absolute atomic E-state index is 0. The lowest BCUT2D eigenvalue weighted by Crippen LogP contribution is -2.59. The highest BCUT2D eigenvalue weighted by molar-refractivity contribution is 5.85. The van der Waals surface area contributed by atoms with Crippen LogP contribution in [0.15, 0.2) is 0 Å². The van der Waals surface area contributed by atoms with Crippen molar-refractivity contribution >= 4 is 12.4 Å². The highest BCUT2D eigenvalue weighted by Gasteiger charge is 2.41. The minimum atomic E-state index is 0. The van der Waals surface area contributed by atoms with Gasteiger partial charge in [-0.2, -0.15) is 0 Å². The molecule has 0 aromatic heterocycles. The van der Waals surface area contributed by atoms with Crippen molar-refractivity contribution in [3.05, 3.63) is 0 Å². The third kappa shape index (κ3) is 4.50. The van der Waals surface area contributed by atoms with E-state index in [1.807, 2.05) is 0 Å². The van der Waals surface area contributed by atoms with Crippen molar-refractivity contribution in [1.82, 2.24) is 15.5 Å². The second kappa shape index (κ2) is 9.34. The Hall–Kier alpha value is 0.0900. The average Bonchev–Trinajstić information content (AvgIpc) is 3.34. The summed E-state index contributed by atoms with van der Waals surface area (Å²) in [5.41, 5.74) is 0.346. The van der Waals surface area contributed by atoms with Crippen molar-refractivity contribution in [2.24, 2.45) is 5.92 Å². The van der Waals surface area contributed by atoms with Crippen LogP contribution in [0.2, 0.25) is 0 Å². The average molecular weight is 374 g/mol. The van der Waals surface area contributed by atoms with Gasteiger partial charge in [-0.15, -0.1) is 12.4 Å². The number of likely N-dealkylation sites (tertiary alicyclic amines) is 1. The molecule has 3 aliphatic heterocycles. The summed E-state index contributed by atoms with van der Waals surface area (Å²) in [7, 11) is 0. The third-order valence-electron chi connectivity index (χ3n) is 6.93. The molecular weight excluding hydrogens is 338 g/mol. The van der Waals surface area contributed by atoms with Crippen LogP contribution < -0.4 is 10.6 Å². The van der Waals surface area contributed by atoms with Crippen LogP contribution in [0.1, 0.15) is 44.9 Å². The van der Waals surface area contributed by atoms with Crippen molar-refractivity contribution in [1.29, 1.82) is 0 Å². The Morgan fingerprint density at radius 3 is 2.52 bits per heavy atom. The summed E-state index contributed by atoms with van der Waals surface area (Å²) in [5, 5.41) is 7.72. The van der Waals surface area contributed by atoms with Crippen LogP contribution in [-0.2, 0) is 9.47 Å². The summed E-state index contributed by atoms with van der Waals surface area (Å²) in [6.45, 7) is 8.37. The van der Waals surface area contributed by atoms with Gasteiger partial charge in [0.2, 0.25) is 0 Å². The predicted molar refractivity (Wildman–Crippen MR) is 103 cm³/mol. The molecule has 0 amide bonds. The fraction of sp³-hybridized carbons (Fsp3) is 1.00. The van der Waals surface area contributed by atoms with Crippen LogP contribution in [0.4, 0.5) is 0 Å². The SMILES string of the molecule is C1CC(NCC2(N3CCCC3)CCOCC2)C(C2COCCN2)C1.Cl. The molecule has 3 heterocycles. The van der Waals surface area contributed by atoms with Gasteiger partial charge in [-0.05, 0) is 57.5 Å². The summed E-state index contributed by atoms with van der Waals surface area (Å²) in [4.78, 5) is 2.77. The summed E-state index contributed by atoms with van der Waals surface area (Å²) in [6, 6.07) is 1.21. The van der Waals surface area contributed by atoms with E-state index in [1.54, 1.807) is 0 Å². The van der Waals surface area contributed by atoms with E-state index in [1.165, 1.54) is 58.0 Å². The molecular formula is C19H36ClN3O2. The lowest BCUT2D eigenvalue weighted by Gasteiger charge is -2.46. The molecule has 2 N–H and O–H groups in total. The molecule has 1 aliphatic carbocycles. The van der Waals surface area contributed by atoms with E-state index in [2.05, 4.69) is 15.5 Å². The molecule has 5 nitrogen and oxygen atoms in total. The van der Waals surface area contributed by atoms with Crippen LogP contribution in [0.25, 0.3) is 0 Å². The van der Waals surface area contributed by atoms with E-state index < -0.39 is 0 Å². The first kappa shape index (κ1) is 19.8. The zero-order chi connectivity index (χ0) is 16.2. The zero-order valence-corrected chi connectivity index (χ0v) is 16.3. The maximum absolute atomic E-state index is 5.72. The van der Waals surface area contributed by atoms with Crippen LogP contribution >= 0.6 is 12.4 Å². The molecule has 3 unspecified atom stereocenters. The van der Waals surface area contributed by atoms with Gasteiger partial charge in [0.05, 0.1) is 13.2 Å². The molecule has 3 atom stereocenters. The Morgan fingerprint density at radius 2 is 1.80 bits per heavy atom. The van der Waals surface area contributed by atoms with Gasteiger partial charge in [-0.1, -0.05) is 6.42 Å². The van der Waals surface area contributed by atoms with E-state index in [-0.39, 0.29) is 12.4 Å². The Labute approximate surface area is 159 Å². The fourth-order valence-electron chi connectivity index (χ4n) is 5.45. The number of halogens is 1. The van der Waals surface area contributed by atoms with Gasteiger partial charge in [0.15, 0.2) is 0 Å². The Balaban J connectivity index is 0.00000182. The van der Waals surface area contributed by atoms with Crippen molar-refractivity contribution in [3.63, 3.8) is 0 Å². The molecule has 0 aromatic carbocycles. The zero-order valence-electron chi connectivity index (χ0n) is 15.5. The molecule has 0 radical (unpaired) electrons. The smallest absolute Gasteiger partial charge is 0.0623 e. The number of nitrogens with zero attached hydrogens (tertiary/aromatic N) is 1. The molecule has 0 bridgehead atoms. The summed E-state index contributed by atoms with van der Waals surface area (Å²) in [5.74, 6) is 0.737. The van der Waals surface area contributed by atoms with Gasteiger partial charge in [0.1, 0.15) is 0 Å². The molecule has 0 aromatic rings. The number of hydrogen-bond acceptors (Lipinski definition) is 5. The number of ether oxygens (including phenoxy) is 2. The first-order valence-electron chi connectivity index (χ1n) is 10.2. The summed E-state index contributed by atoms with van der Waals surface area (Å²) < 4.78 is 11.4. The number of rotatable bonds is 5. The molecule has 25 heavy (non-hydrogen) atoms. The molecule has 1 saturated carbocycles. The topological polar surface area (TPSA) is 45.8 Å². The van der Waals surface area contributed by atoms with Crippen molar-refractivity contribution in [2.75, 3.05) is 52.6 Å². The molecule has 0 spiro atoms. The van der Waals surface area contributed by atoms with Gasteiger partial charge in [-0.3, -0.25) is 4.90 Å². The molecule has 146 valence electrons. The number of hydrogen-bond donors (Lipinski definition) is 2. The quantitative estimate of drug-likeness (QED) is 0.769. The fourth-order valence-corrected chi connectivity index (χ4v) is 5.45. The van der Waals surface area contributed by atoms with Crippen LogP contribution in [0, 0.1) is 5.92 Å².